The van der Waals surface area contributed by atoms with Crippen molar-refractivity contribution in [1.29, 1.82) is 0 Å². The lowest BCUT2D eigenvalue weighted by Crippen LogP contribution is -2.21. The van der Waals surface area contributed by atoms with Crippen LogP contribution < -0.4 is 0 Å². The van der Waals surface area contributed by atoms with Gasteiger partial charge >= 0.3 is 8.56 Å². The van der Waals surface area contributed by atoms with Crippen LogP contribution in [0, 0.1) is 0 Å². The molecule has 0 radical (unpaired) electrons. The fraction of sp³-hybridized carbons (Fsp3) is 0.609. The van der Waals surface area contributed by atoms with E-state index < -0.39 is 8.56 Å². The second kappa shape index (κ2) is 25.4. The highest BCUT2D eigenvalue weighted by molar-refractivity contribution is 6.72. The molecular formula is C46H72N6O3Si. The van der Waals surface area contributed by atoms with Crippen molar-refractivity contribution in [1.82, 2.24) is 0 Å². The van der Waals surface area contributed by atoms with Crippen molar-refractivity contribution in [2.75, 3.05) is 0 Å². The molecule has 9 nitrogen and oxygen atoms in total. The van der Waals surface area contributed by atoms with Gasteiger partial charge in [-0.1, -0.05) is 136 Å². The molecule has 0 unspecified atom stereocenters. The summed E-state index contributed by atoms with van der Waals surface area (Å²) < 4.78 is 14.0. The first-order valence-electron chi connectivity index (χ1n) is 21.8. The van der Waals surface area contributed by atoms with Gasteiger partial charge in [0.05, 0.1) is 19.6 Å². The Morgan fingerprint density at radius 1 is 0.393 bits per heavy atom. The van der Waals surface area contributed by atoms with Gasteiger partial charge in [0.25, 0.3) is 0 Å². The topological polar surface area (TPSA) is 135 Å². The molecule has 0 aromatic heterocycles. The predicted molar refractivity (Wildman–Crippen MR) is 233 cm³/mol. The molecule has 0 aliphatic rings. The zero-order valence-electron chi connectivity index (χ0n) is 35.8. The van der Waals surface area contributed by atoms with Gasteiger partial charge in [-0.15, -0.1) is 0 Å². The van der Waals surface area contributed by atoms with E-state index in [1.54, 1.807) is 0 Å². The molecule has 3 aromatic rings. The van der Waals surface area contributed by atoms with E-state index in [4.69, 9.17) is 0 Å². The third-order valence-corrected chi connectivity index (χ3v) is 12.4. The van der Waals surface area contributed by atoms with Gasteiger partial charge in [-0.25, -0.2) is 0 Å². The molecule has 3 N–H and O–H groups in total. The molecule has 0 aliphatic heterocycles. The predicted octanol–water partition coefficient (Wildman–Crippen LogP) is 13.7. The average molecular weight is 785 g/mol. The van der Waals surface area contributed by atoms with Gasteiger partial charge in [-0.2, -0.15) is 29.7 Å². The SMILES string of the molecule is CCCCCCc1c(CC)ccc(C/N=N/[Si](C)(/N=N/Cc2ccc(CC)c(CCCCCC)c2O)/N=N/Cc2ccc(CC)c(CCCCCC)c2O)c1O. The monoisotopic (exact) mass is 785 g/mol. The first kappa shape index (κ1) is 46.5. The molecule has 0 bridgehead atoms. The number of hydrogen-bond acceptors (Lipinski definition) is 9. The molecule has 3 rings (SSSR count). The minimum Gasteiger partial charge on any atom is -0.507 e. The number of hydrogen-bond donors (Lipinski definition) is 3. The van der Waals surface area contributed by atoms with E-state index in [0.29, 0.717) is 17.2 Å². The summed E-state index contributed by atoms with van der Waals surface area (Å²) >= 11 is 0. The summed E-state index contributed by atoms with van der Waals surface area (Å²) in [5, 5.41) is 47.7. The average Bonchev–Trinajstić information content (AvgIpc) is 3.20. The zero-order chi connectivity index (χ0) is 40.8. The number of phenolic OH excluding ortho intramolecular Hbond substituents is 3. The van der Waals surface area contributed by atoms with Crippen LogP contribution in [0.25, 0.3) is 0 Å². The lowest BCUT2D eigenvalue weighted by molar-refractivity contribution is 0.457. The zero-order valence-corrected chi connectivity index (χ0v) is 36.8. The third kappa shape index (κ3) is 14.2. The molecule has 0 heterocycles. The van der Waals surface area contributed by atoms with E-state index in [1.165, 1.54) is 55.2 Å². The van der Waals surface area contributed by atoms with Gasteiger partial charge in [0.1, 0.15) is 17.2 Å². The molecular weight excluding hydrogens is 713 g/mol. The van der Waals surface area contributed by atoms with Crippen molar-refractivity contribution >= 4 is 8.56 Å². The van der Waals surface area contributed by atoms with Crippen molar-refractivity contribution in [3.8, 4) is 17.2 Å². The third-order valence-electron chi connectivity index (χ3n) is 10.9. The highest BCUT2D eigenvalue weighted by atomic mass is 28.4. The standard InChI is InChI=1S/C46H72N6O3Si/c1-8-14-17-20-23-41-35(11-4)26-29-38(44(41)53)32-47-50-56(7,51-48-33-39-30-27-36(12-5)42(45(39)54)24-21-18-15-9-2)52-49-34-40-31-28-37(13-6)43(46(40)55)25-22-19-16-10-3/h26-31,53-55H,8-25,32-34H2,1-7H3/b50-47+,51-48+,52-49+. The number of aromatic hydroxyl groups is 3. The minimum atomic E-state index is -3.32. The molecule has 0 spiro atoms. The van der Waals surface area contributed by atoms with Crippen LogP contribution in [0.3, 0.4) is 0 Å². The molecule has 0 atom stereocenters. The molecule has 3 aromatic carbocycles. The van der Waals surface area contributed by atoms with Gasteiger partial charge in [0.15, 0.2) is 0 Å². The molecule has 0 amide bonds. The lowest BCUT2D eigenvalue weighted by atomic mass is 9.95. The molecule has 0 saturated carbocycles. The number of benzene rings is 3. The maximum Gasteiger partial charge on any atom is 0.488 e. The van der Waals surface area contributed by atoms with E-state index in [-0.39, 0.29) is 19.6 Å². The Bertz CT molecular complexity index is 1530. The van der Waals surface area contributed by atoms with Crippen LogP contribution in [-0.4, -0.2) is 23.9 Å². The Morgan fingerprint density at radius 2 is 0.661 bits per heavy atom. The first-order chi connectivity index (χ1) is 27.2. The summed E-state index contributed by atoms with van der Waals surface area (Å²) in [5.74, 6) is 0.915. The molecule has 0 saturated heterocycles. The number of aryl methyl sites for hydroxylation is 3. The van der Waals surface area contributed by atoms with E-state index in [1.807, 2.05) is 24.7 Å². The second-order valence-corrected chi connectivity index (χ2v) is 17.8. The number of unbranched alkanes of at least 4 members (excludes halogenated alkanes) is 9. The van der Waals surface area contributed by atoms with Crippen molar-refractivity contribution in [3.63, 3.8) is 0 Å². The molecule has 56 heavy (non-hydrogen) atoms. The van der Waals surface area contributed by atoms with Crippen LogP contribution in [0.2, 0.25) is 6.55 Å². The largest absolute Gasteiger partial charge is 0.507 e. The van der Waals surface area contributed by atoms with Crippen molar-refractivity contribution in [2.24, 2.45) is 29.7 Å². The lowest BCUT2D eigenvalue weighted by Gasteiger charge is -2.14. The summed E-state index contributed by atoms with van der Waals surface area (Å²) in [6.45, 7) is 15.4. The molecule has 10 heteroatoms. The molecule has 0 fully saturated rings. The summed E-state index contributed by atoms with van der Waals surface area (Å²) in [6.07, 6.45) is 18.7. The quantitative estimate of drug-likeness (QED) is 0.0403. The van der Waals surface area contributed by atoms with E-state index >= 15 is 0 Å². The van der Waals surface area contributed by atoms with E-state index in [9.17, 15) is 15.3 Å². The van der Waals surface area contributed by atoms with Crippen LogP contribution in [0.15, 0.2) is 66.1 Å². The summed E-state index contributed by atoms with van der Waals surface area (Å²) in [5.41, 5.74) is 8.69. The van der Waals surface area contributed by atoms with Gasteiger partial charge < -0.3 is 15.3 Å². The van der Waals surface area contributed by atoms with Gasteiger partial charge in [-0.3, -0.25) is 0 Å². The van der Waals surface area contributed by atoms with Gasteiger partial charge in [0, 0.05) is 16.7 Å². The number of rotatable bonds is 27. The smallest absolute Gasteiger partial charge is 0.488 e. The van der Waals surface area contributed by atoms with Crippen LogP contribution in [0.1, 0.15) is 169 Å². The maximum absolute atomic E-state index is 11.3. The van der Waals surface area contributed by atoms with E-state index in [2.05, 4.69) is 89.4 Å². The fourth-order valence-electron chi connectivity index (χ4n) is 7.38. The summed E-state index contributed by atoms with van der Waals surface area (Å²) in [6, 6.07) is 12.1. The maximum atomic E-state index is 11.3. The van der Waals surface area contributed by atoms with Crippen LogP contribution in [0.5, 0.6) is 17.2 Å². The summed E-state index contributed by atoms with van der Waals surface area (Å²) in [4.78, 5) is 0. The number of nitrogens with zero attached hydrogens (tertiary/aromatic N) is 6. The van der Waals surface area contributed by atoms with E-state index in [0.717, 1.165) is 110 Å². The molecule has 308 valence electrons. The molecule has 0 aliphatic carbocycles. The van der Waals surface area contributed by atoms with Crippen LogP contribution in [0.4, 0.5) is 0 Å². The van der Waals surface area contributed by atoms with Crippen LogP contribution in [-0.2, 0) is 58.2 Å². The first-order valence-corrected chi connectivity index (χ1v) is 24.1. The normalized spacial score (nSPS) is 12.3. The van der Waals surface area contributed by atoms with Crippen molar-refractivity contribution < 1.29 is 15.3 Å². The Kier molecular flexibility index (Phi) is 21.0. The van der Waals surface area contributed by atoms with Crippen molar-refractivity contribution in [3.05, 3.63) is 86.5 Å². The van der Waals surface area contributed by atoms with Gasteiger partial charge in [0.2, 0.25) is 0 Å². The van der Waals surface area contributed by atoms with Crippen molar-refractivity contribution in [2.45, 2.75) is 183 Å². The minimum absolute atomic E-state index is 0.187. The fourth-order valence-corrected chi connectivity index (χ4v) is 8.51. The Hall–Kier alpha value is -3.92. The number of phenols is 3. The second-order valence-electron chi connectivity index (χ2n) is 15.3. The Labute approximate surface area is 339 Å². The Morgan fingerprint density at radius 3 is 0.911 bits per heavy atom. The van der Waals surface area contributed by atoms with Gasteiger partial charge in [-0.05, 0) is 97.7 Å². The Balaban J connectivity index is 1.91. The summed E-state index contributed by atoms with van der Waals surface area (Å²) in [7, 11) is -3.32. The highest BCUT2D eigenvalue weighted by Gasteiger charge is 2.30. The highest BCUT2D eigenvalue weighted by Crippen LogP contribution is 2.32. The van der Waals surface area contributed by atoms with Crippen LogP contribution >= 0.6 is 0 Å².